The lowest BCUT2D eigenvalue weighted by atomic mass is 9.92. The van der Waals surface area contributed by atoms with E-state index in [1.807, 2.05) is 7.05 Å². The average molecular weight is 288 g/mol. The van der Waals surface area contributed by atoms with Crippen molar-refractivity contribution in [2.45, 2.75) is 25.2 Å². The lowest BCUT2D eigenvalue weighted by molar-refractivity contribution is -0.131. The van der Waals surface area contributed by atoms with Crippen LogP contribution < -0.4 is 5.73 Å². The second kappa shape index (κ2) is 5.17. The van der Waals surface area contributed by atoms with Crippen LogP contribution in [0.3, 0.4) is 0 Å². The zero-order valence-corrected chi connectivity index (χ0v) is 12.5. The van der Waals surface area contributed by atoms with Crippen LogP contribution in [0.5, 0.6) is 0 Å². The Labute approximate surface area is 125 Å². The van der Waals surface area contributed by atoms with Crippen molar-refractivity contribution in [1.82, 2.24) is 4.90 Å². The first kappa shape index (κ1) is 13.6. The van der Waals surface area contributed by atoms with Crippen molar-refractivity contribution in [3.8, 4) is 0 Å². The molecule has 0 aliphatic heterocycles. The van der Waals surface area contributed by atoms with Gasteiger partial charge in [0.05, 0.1) is 4.99 Å². The SMILES string of the molecule is CN(CCC(N)=S)C(=O)C1C2CCc3ccccc3C21. The van der Waals surface area contributed by atoms with Gasteiger partial charge in [0.1, 0.15) is 0 Å². The zero-order chi connectivity index (χ0) is 14.3. The van der Waals surface area contributed by atoms with E-state index in [-0.39, 0.29) is 11.8 Å². The number of carbonyl (C=O) groups excluding carboxylic acids is 1. The van der Waals surface area contributed by atoms with Crippen LogP contribution in [-0.4, -0.2) is 29.4 Å². The molecule has 2 aliphatic carbocycles. The molecule has 2 aliphatic rings. The van der Waals surface area contributed by atoms with E-state index in [0.29, 0.717) is 29.8 Å². The van der Waals surface area contributed by atoms with Crippen LogP contribution in [0.2, 0.25) is 0 Å². The summed E-state index contributed by atoms with van der Waals surface area (Å²) >= 11 is 4.88. The molecule has 0 saturated heterocycles. The molecular weight excluding hydrogens is 268 g/mol. The molecule has 0 radical (unpaired) electrons. The van der Waals surface area contributed by atoms with Gasteiger partial charge in [0.25, 0.3) is 0 Å². The van der Waals surface area contributed by atoms with E-state index >= 15 is 0 Å². The fourth-order valence-electron chi connectivity index (χ4n) is 3.55. The summed E-state index contributed by atoms with van der Waals surface area (Å²) in [5.41, 5.74) is 8.33. The Morgan fingerprint density at radius 2 is 2.20 bits per heavy atom. The first-order chi connectivity index (χ1) is 9.59. The molecule has 3 rings (SSSR count). The van der Waals surface area contributed by atoms with Crippen molar-refractivity contribution < 1.29 is 4.79 Å². The Morgan fingerprint density at radius 3 is 2.95 bits per heavy atom. The van der Waals surface area contributed by atoms with Crippen LogP contribution in [-0.2, 0) is 11.2 Å². The summed E-state index contributed by atoms with van der Waals surface area (Å²) < 4.78 is 0. The van der Waals surface area contributed by atoms with Gasteiger partial charge in [-0.2, -0.15) is 0 Å². The van der Waals surface area contributed by atoms with Crippen LogP contribution in [0.25, 0.3) is 0 Å². The van der Waals surface area contributed by atoms with Gasteiger partial charge in [-0.3, -0.25) is 4.79 Å². The minimum absolute atomic E-state index is 0.176. The van der Waals surface area contributed by atoms with Crippen LogP contribution >= 0.6 is 12.2 Å². The minimum Gasteiger partial charge on any atom is -0.393 e. The Morgan fingerprint density at radius 1 is 1.45 bits per heavy atom. The number of nitrogens with two attached hydrogens (primary N) is 1. The van der Waals surface area contributed by atoms with Crippen LogP contribution in [0.15, 0.2) is 24.3 Å². The molecule has 0 heterocycles. The third-order valence-corrected chi connectivity index (χ3v) is 4.89. The number of thiocarbonyl (C=S) groups is 1. The van der Waals surface area contributed by atoms with E-state index in [1.165, 1.54) is 11.1 Å². The van der Waals surface area contributed by atoms with E-state index in [9.17, 15) is 4.79 Å². The van der Waals surface area contributed by atoms with Crippen molar-refractivity contribution in [3.05, 3.63) is 35.4 Å². The Hall–Kier alpha value is -1.42. The first-order valence-corrected chi connectivity index (χ1v) is 7.61. The normalized spacial score (nSPS) is 26.4. The Balaban J connectivity index is 1.69. The third kappa shape index (κ3) is 2.33. The van der Waals surface area contributed by atoms with E-state index in [1.54, 1.807) is 4.90 Å². The standard InChI is InChI=1S/C16H20N2OS/c1-18(9-8-13(17)20)16(19)15-12-7-6-10-4-2-3-5-11(10)14(12)15/h2-5,12,14-15H,6-9H2,1H3,(H2,17,20). The molecule has 0 aromatic heterocycles. The fraction of sp³-hybridized carbons (Fsp3) is 0.500. The number of benzene rings is 1. The summed E-state index contributed by atoms with van der Waals surface area (Å²) in [7, 11) is 1.86. The second-order valence-corrected chi connectivity index (χ2v) is 6.45. The quantitative estimate of drug-likeness (QED) is 0.863. The number of carbonyl (C=O) groups is 1. The summed E-state index contributed by atoms with van der Waals surface area (Å²) in [4.78, 5) is 14.8. The molecule has 106 valence electrons. The van der Waals surface area contributed by atoms with Crippen molar-refractivity contribution in [2.24, 2.45) is 17.6 Å². The predicted octanol–water partition coefficient (Wildman–Crippen LogP) is 2.10. The van der Waals surface area contributed by atoms with E-state index < -0.39 is 0 Å². The van der Waals surface area contributed by atoms with Crippen molar-refractivity contribution in [2.75, 3.05) is 13.6 Å². The smallest absolute Gasteiger partial charge is 0.226 e. The molecule has 0 bridgehead atoms. The van der Waals surface area contributed by atoms with Crippen molar-refractivity contribution in [1.29, 1.82) is 0 Å². The largest absolute Gasteiger partial charge is 0.393 e. The molecule has 1 aromatic carbocycles. The van der Waals surface area contributed by atoms with Crippen molar-refractivity contribution in [3.63, 3.8) is 0 Å². The van der Waals surface area contributed by atoms with Crippen LogP contribution in [0.1, 0.15) is 29.9 Å². The molecule has 4 heteroatoms. The minimum atomic E-state index is 0.176. The van der Waals surface area contributed by atoms with E-state index in [0.717, 1.165) is 12.8 Å². The highest BCUT2D eigenvalue weighted by molar-refractivity contribution is 7.80. The maximum absolute atomic E-state index is 12.5. The molecule has 0 spiro atoms. The number of aryl methyl sites for hydroxylation is 1. The molecule has 20 heavy (non-hydrogen) atoms. The molecule has 1 fully saturated rings. The molecule has 1 aromatic rings. The summed E-state index contributed by atoms with van der Waals surface area (Å²) in [6, 6.07) is 8.56. The topological polar surface area (TPSA) is 46.3 Å². The van der Waals surface area contributed by atoms with Gasteiger partial charge < -0.3 is 10.6 Å². The number of amides is 1. The van der Waals surface area contributed by atoms with Crippen LogP contribution in [0, 0.1) is 11.8 Å². The monoisotopic (exact) mass is 288 g/mol. The van der Waals surface area contributed by atoms with Gasteiger partial charge in [-0.25, -0.2) is 0 Å². The van der Waals surface area contributed by atoms with Gasteiger partial charge in [0, 0.05) is 25.9 Å². The lowest BCUT2D eigenvalue weighted by Crippen LogP contribution is -2.31. The number of fused-ring (bicyclic) bond motifs is 3. The molecule has 2 N–H and O–H groups in total. The summed E-state index contributed by atoms with van der Waals surface area (Å²) in [5.74, 6) is 1.42. The predicted molar refractivity (Wildman–Crippen MR) is 83.5 cm³/mol. The van der Waals surface area contributed by atoms with E-state index in [4.69, 9.17) is 18.0 Å². The van der Waals surface area contributed by atoms with Gasteiger partial charge >= 0.3 is 0 Å². The highest BCUT2D eigenvalue weighted by Gasteiger charge is 2.57. The van der Waals surface area contributed by atoms with Gasteiger partial charge in [-0.05, 0) is 35.8 Å². The highest BCUT2D eigenvalue weighted by atomic mass is 32.1. The van der Waals surface area contributed by atoms with E-state index in [2.05, 4.69) is 24.3 Å². The lowest BCUT2D eigenvalue weighted by Gasteiger charge is -2.17. The van der Waals surface area contributed by atoms with Gasteiger partial charge in [-0.1, -0.05) is 36.5 Å². The van der Waals surface area contributed by atoms with Gasteiger partial charge in [0.2, 0.25) is 5.91 Å². The van der Waals surface area contributed by atoms with Crippen LogP contribution in [0.4, 0.5) is 0 Å². The molecule has 1 saturated carbocycles. The molecule has 1 amide bonds. The second-order valence-electron chi connectivity index (χ2n) is 5.93. The highest BCUT2D eigenvalue weighted by Crippen LogP contribution is 2.60. The molecular formula is C16H20N2OS. The van der Waals surface area contributed by atoms with Gasteiger partial charge in [-0.15, -0.1) is 0 Å². The van der Waals surface area contributed by atoms with Gasteiger partial charge in [0.15, 0.2) is 0 Å². The fourth-order valence-corrected chi connectivity index (χ4v) is 3.64. The summed E-state index contributed by atoms with van der Waals surface area (Å²) in [6.07, 6.45) is 2.86. The zero-order valence-electron chi connectivity index (χ0n) is 11.7. The summed E-state index contributed by atoms with van der Waals surface area (Å²) in [5, 5.41) is 0. The third-order valence-electron chi connectivity index (χ3n) is 4.68. The Bertz CT molecular complexity index is 557. The number of rotatable bonds is 4. The summed E-state index contributed by atoms with van der Waals surface area (Å²) in [6.45, 7) is 0.631. The first-order valence-electron chi connectivity index (χ1n) is 7.20. The Kier molecular flexibility index (Phi) is 3.50. The number of hydrogen-bond donors (Lipinski definition) is 1. The molecule has 3 atom stereocenters. The maximum atomic E-state index is 12.5. The average Bonchev–Trinajstić information content (AvgIpc) is 3.18. The molecule has 3 unspecified atom stereocenters. The molecule has 3 nitrogen and oxygen atoms in total. The maximum Gasteiger partial charge on any atom is 0.226 e. The number of nitrogens with zero attached hydrogens (tertiary/aromatic N) is 1. The number of hydrogen-bond acceptors (Lipinski definition) is 2. The van der Waals surface area contributed by atoms with Crippen molar-refractivity contribution >= 4 is 23.1 Å².